The van der Waals surface area contributed by atoms with E-state index in [1.807, 2.05) is 6.26 Å². The largest absolute Gasteiger partial charge is 0.481 e. The monoisotopic (exact) mass is 238 g/mol. The Balaban J connectivity index is 2.79. The normalized spacial score (nSPS) is 12.4. The van der Waals surface area contributed by atoms with Crippen molar-refractivity contribution < 1.29 is 9.90 Å². The van der Waals surface area contributed by atoms with Crippen LogP contribution in [0.3, 0.4) is 0 Å². The van der Waals surface area contributed by atoms with E-state index < -0.39 is 5.97 Å². The van der Waals surface area contributed by atoms with E-state index >= 15 is 0 Å². The molecule has 0 spiro atoms. The first-order valence-corrected chi connectivity index (χ1v) is 6.75. The highest BCUT2D eigenvalue weighted by molar-refractivity contribution is 7.98. The molecule has 0 amide bonds. The van der Waals surface area contributed by atoms with Crippen LogP contribution in [-0.2, 0) is 4.79 Å². The van der Waals surface area contributed by atoms with Crippen LogP contribution in [0.2, 0.25) is 0 Å². The minimum Gasteiger partial charge on any atom is -0.481 e. The fourth-order valence-corrected chi connectivity index (χ4v) is 2.23. The van der Waals surface area contributed by atoms with Gasteiger partial charge in [-0.3, -0.25) is 4.79 Å². The second kappa shape index (κ2) is 6.59. The maximum Gasteiger partial charge on any atom is 0.303 e. The number of thioether (sulfide) groups is 1. The molecule has 88 valence electrons. The molecule has 0 aliphatic rings. The Morgan fingerprint density at radius 1 is 1.38 bits per heavy atom. The summed E-state index contributed by atoms with van der Waals surface area (Å²) in [6.45, 7) is 2.09. The second-order valence-corrected chi connectivity index (χ2v) is 4.74. The topological polar surface area (TPSA) is 37.3 Å². The number of carboxylic acid groups (broad SMARTS) is 1. The second-order valence-electron chi connectivity index (χ2n) is 3.86. The van der Waals surface area contributed by atoms with E-state index in [0.717, 1.165) is 18.4 Å². The van der Waals surface area contributed by atoms with Gasteiger partial charge >= 0.3 is 5.97 Å². The molecule has 0 aliphatic heterocycles. The Labute approximate surface area is 101 Å². The average Bonchev–Trinajstić information content (AvgIpc) is 2.28. The maximum absolute atomic E-state index is 10.8. The number of aliphatic carboxylic acids is 1. The van der Waals surface area contributed by atoms with Gasteiger partial charge in [-0.1, -0.05) is 25.5 Å². The molecule has 2 nitrogen and oxygen atoms in total. The summed E-state index contributed by atoms with van der Waals surface area (Å²) < 4.78 is 0. The molecule has 0 bridgehead atoms. The molecule has 0 saturated carbocycles. The highest BCUT2D eigenvalue weighted by Crippen LogP contribution is 2.26. The van der Waals surface area contributed by atoms with Crippen molar-refractivity contribution in [1.82, 2.24) is 0 Å². The zero-order valence-corrected chi connectivity index (χ0v) is 10.6. The lowest BCUT2D eigenvalue weighted by atomic mass is 9.91. The third-order valence-electron chi connectivity index (χ3n) is 2.65. The van der Waals surface area contributed by atoms with Crippen molar-refractivity contribution in [2.75, 3.05) is 6.26 Å². The summed E-state index contributed by atoms with van der Waals surface area (Å²) in [6.07, 6.45) is 4.22. The Morgan fingerprint density at radius 3 is 2.44 bits per heavy atom. The van der Waals surface area contributed by atoms with E-state index in [1.165, 1.54) is 4.90 Å². The van der Waals surface area contributed by atoms with E-state index in [-0.39, 0.29) is 12.3 Å². The molecule has 0 saturated heterocycles. The molecule has 1 atom stereocenters. The third-order valence-corrected chi connectivity index (χ3v) is 3.39. The van der Waals surface area contributed by atoms with Crippen LogP contribution in [0.1, 0.15) is 37.7 Å². The summed E-state index contributed by atoms with van der Waals surface area (Å²) >= 11 is 1.70. The Bertz CT molecular complexity index is 332. The Morgan fingerprint density at radius 2 is 2.00 bits per heavy atom. The van der Waals surface area contributed by atoms with Gasteiger partial charge in [0.1, 0.15) is 0 Å². The van der Waals surface area contributed by atoms with Crippen molar-refractivity contribution in [1.29, 1.82) is 0 Å². The van der Waals surface area contributed by atoms with Crippen LogP contribution in [0.5, 0.6) is 0 Å². The lowest BCUT2D eigenvalue weighted by molar-refractivity contribution is -0.137. The molecule has 0 aromatic heterocycles. The van der Waals surface area contributed by atoms with Crippen LogP contribution in [-0.4, -0.2) is 17.3 Å². The molecular weight excluding hydrogens is 220 g/mol. The smallest absolute Gasteiger partial charge is 0.303 e. The highest BCUT2D eigenvalue weighted by atomic mass is 32.2. The zero-order valence-electron chi connectivity index (χ0n) is 9.77. The van der Waals surface area contributed by atoms with Crippen LogP contribution in [0.4, 0.5) is 0 Å². The van der Waals surface area contributed by atoms with Gasteiger partial charge in [0.05, 0.1) is 6.42 Å². The van der Waals surface area contributed by atoms with Crippen LogP contribution in [0, 0.1) is 0 Å². The van der Waals surface area contributed by atoms with Gasteiger partial charge in [0.15, 0.2) is 0 Å². The van der Waals surface area contributed by atoms with E-state index in [9.17, 15) is 4.79 Å². The number of carbonyl (C=O) groups is 1. The molecule has 0 aliphatic carbocycles. The standard InChI is InChI=1S/C13H18O2S/c1-3-4-11(9-13(14)15)10-5-7-12(16-2)8-6-10/h5-8,11H,3-4,9H2,1-2H3,(H,14,15). The van der Waals surface area contributed by atoms with Gasteiger partial charge in [0, 0.05) is 4.90 Å². The molecular formula is C13H18O2S. The SMILES string of the molecule is CCCC(CC(=O)O)c1ccc(SC)cc1. The molecule has 1 N–H and O–H groups in total. The van der Waals surface area contributed by atoms with E-state index in [0.29, 0.717) is 0 Å². The van der Waals surface area contributed by atoms with Crippen molar-refractivity contribution in [2.24, 2.45) is 0 Å². The summed E-state index contributed by atoms with van der Waals surface area (Å²) in [5.74, 6) is -0.564. The van der Waals surface area contributed by atoms with Crippen LogP contribution >= 0.6 is 11.8 Å². The number of hydrogen-bond donors (Lipinski definition) is 1. The molecule has 1 unspecified atom stereocenters. The first-order valence-electron chi connectivity index (χ1n) is 5.53. The molecule has 0 radical (unpaired) electrons. The van der Waals surface area contributed by atoms with Crippen molar-refractivity contribution >= 4 is 17.7 Å². The molecule has 0 fully saturated rings. The maximum atomic E-state index is 10.8. The number of rotatable bonds is 6. The van der Waals surface area contributed by atoms with E-state index in [2.05, 4.69) is 31.2 Å². The molecule has 1 rings (SSSR count). The minimum atomic E-state index is -0.715. The first-order chi connectivity index (χ1) is 7.67. The summed E-state index contributed by atoms with van der Waals surface area (Å²) in [6, 6.07) is 8.22. The van der Waals surface area contributed by atoms with Gasteiger partial charge in [0.2, 0.25) is 0 Å². The Kier molecular flexibility index (Phi) is 5.39. The van der Waals surface area contributed by atoms with E-state index in [4.69, 9.17) is 5.11 Å². The summed E-state index contributed by atoms with van der Waals surface area (Å²) in [4.78, 5) is 12.0. The summed E-state index contributed by atoms with van der Waals surface area (Å²) in [5, 5.41) is 8.87. The third kappa shape index (κ3) is 3.89. The number of benzene rings is 1. The van der Waals surface area contributed by atoms with Crippen molar-refractivity contribution in [2.45, 2.75) is 37.0 Å². The predicted molar refractivity (Wildman–Crippen MR) is 68.1 cm³/mol. The van der Waals surface area contributed by atoms with Crippen LogP contribution < -0.4 is 0 Å². The fraction of sp³-hybridized carbons (Fsp3) is 0.462. The predicted octanol–water partition coefficient (Wildman–Crippen LogP) is 3.77. The number of hydrogen-bond acceptors (Lipinski definition) is 2. The van der Waals surface area contributed by atoms with E-state index in [1.54, 1.807) is 11.8 Å². The Hall–Kier alpha value is -0.960. The van der Waals surface area contributed by atoms with Gasteiger partial charge in [-0.05, 0) is 36.3 Å². The van der Waals surface area contributed by atoms with Gasteiger partial charge < -0.3 is 5.11 Å². The molecule has 16 heavy (non-hydrogen) atoms. The average molecular weight is 238 g/mol. The van der Waals surface area contributed by atoms with Gasteiger partial charge in [0.25, 0.3) is 0 Å². The zero-order chi connectivity index (χ0) is 12.0. The molecule has 1 aromatic carbocycles. The van der Waals surface area contributed by atoms with Crippen molar-refractivity contribution in [3.05, 3.63) is 29.8 Å². The molecule has 0 heterocycles. The lowest BCUT2D eigenvalue weighted by Gasteiger charge is -2.14. The molecule has 1 aromatic rings. The highest BCUT2D eigenvalue weighted by Gasteiger charge is 2.14. The van der Waals surface area contributed by atoms with Crippen LogP contribution in [0.15, 0.2) is 29.2 Å². The first kappa shape index (κ1) is 13.1. The number of carboxylic acids is 1. The van der Waals surface area contributed by atoms with Gasteiger partial charge in [-0.15, -0.1) is 11.8 Å². The van der Waals surface area contributed by atoms with Gasteiger partial charge in [-0.25, -0.2) is 0 Å². The van der Waals surface area contributed by atoms with Crippen molar-refractivity contribution in [3.8, 4) is 0 Å². The lowest BCUT2D eigenvalue weighted by Crippen LogP contribution is -2.06. The van der Waals surface area contributed by atoms with Crippen molar-refractivity contribution in [3.63, 3.8) is 0 Å². The summed E-state index contributed by atoms with van der Waals surface area (Å²) in [7, 11) is 0. The quantitative estimate of drug-likeness (QED) is 0.767. The summed E-state index contributed by atoms with van der Waals surface area (Å²) in [5.41, 5.74) is 1.14. The fourth-order valence-electron chi connectivity index (χ4n) is 1.82. The van der Waals surface area contributed by atoms with Crippen LogP contribution in [0.25, 0.3) is 0 Å². The minimum absolute atomic E-state index is 0.151. The molecule has 3 heteroatoms. The van der Waals surface area contributed by atoms with Gasteiger partial charge in [-0.2, -0.15) is 0 Å².